The Hall–Kier alpha value is -2.08. The van der Waals surface area contributed by atoms with Crippen LogP contribution in [-0.2, 0) is 45.4 Å². The monoisotopic (exact) mass is 566 g/mol. The Bertz CT molecular complexity index is 948. The molecule has 4 rings (SSSR count). The maximum absolute atomic E-state index is 12.8. The molecule has 4 N–H and O–H groups in total. The average molecular weight is 567 g/mol. The summed E-state index contributed by atoms with van der Waals surface area (Å²) in [6.07, 6.45) is -7.99. The molecule has 1 aromatic rings. The van der Waals surface area contributed by atoms with Crippen LogP contribution in [0.15, 0.2) is 0 Å². The van der Waals surface area contributed by atoms with E-state index in [2.05, 4.69) is 14.7 Å². The molecule has 17 heteroatoms. The third-order valence-corrected chi connectivity index (χ3v) is 7.44. The Kier molecular flexibility index (Phi) is 9.55. The molecule has 1 spiro atoms. The summed E-state index contributed by atoms with van der Waals surface area (Å²) in [5, 5.41) is 22.5. The van der Waals surface area contributed by atoms with Crippen LogP contribution in [0.1, 0.15) is 56.6 Å². The first-order valence-corrected chi connectivity index (χ1v) is 12.1. The zero-order chi connectivity index (χ0) is 28.4. The van der Waals surface area contributed by atoms with Gasteiger partial charge in [0.1, 0.15) is 10.8 Å². The van der Waals surface area contributed by atoms with E-state index in [4.69, 9.17) is 29.6 Å². The number of carbonyl (C=O) groups is 2. The van der Waals surface area contributed by atoms with Crippen LogP contribution < -0.4 is 10.0 Å². The Balaban J connectivity index is 0.000000286. The first-order valence-electron chi connectivity index (χ1n) is 10.9. The number of nitrogens with one attached hydrogen (secondary N) is 2. The molecule has 2 atom stereocenters. The van der Waals surface area contributed by atoms with Gasteiger partial charge in [-0.3, -0.25) is 4.68 Å². The van der Waals surface area contributed by atoms with Crippen LogP contribution in [0.5, 0.6) is 0 Å². The van der Waals surface area contributed by atoms with Gasteiger partial charge in [-0.05, 0) is 46.7 Å². The molecular weight excluding hydrogens is 538 g/mol. The molecule has 1 unspecified atom stereocenters. The molecular formula is C20H28F6N4O6S. The third-order valence-electron chi connectivity index (χ3n) is 5.88. The molecule has 0 amide bonds. The quantitative estimate of drug-likeness (QED) is 0.313. The highest BCUT2D eigenvalue weighted by atomic mass is 32.2. The van der Waals surface area contributed by atoms with Gasteiger partial charge in [0, 0.05) is 28.9 Å². The van der Waals surface area contributed by atoms with Crippen molar-refractivity contribution in [3.05, 3.63) is 17.0 Å². The molecule has 1 fully saturated rings. The summed E-state index contributed by atoms with van der Waals surface area (Å²) >= 11 is -1.10. The largest absolute Gasteiger partial charge is 0.598 e. The number of aliphatic carboxylic acids is 2. The molecule has 0 saturated carbocycles. The molecule has 0 aromatic carbocycles. The van der Waals surface area contributed by atoms with E-state index in [9.17, 15) is 30.9 Å². The van der Waals surface area contributed by atoms with Crippen LogP contribution in [0, 0.1) is 5.41 Å². The highest BCUT2D eigenvalue weighted by Gasteiger charge is 2.52. The van der Waals surface area contributed by atoms with Crippen molar-refractivity contribution in [2.45, 2.75) is 76.5 Å². The molecule has 10 nitrogen and oxygen atoms in total. The number of hydrogen-bond acceptors (Lipinski definition) is 7. The molecule has 4 heterocycles. The Morgan fingerprint density at radius 1 is 1.08 bits per heavy atom. The van der Waals surface area contributed by atoms with Gasteiger partial charge in [-0.15, -0.1) is 4.72 Å². The van der Waals surface area contributed by atoms with Gasteiger partial charge in [0.2, 0.25) is 0 Å². The topological polar surface area (TPSA) is 149 Å². The summed E-state index contributed by atoms with van der Waals surface area (Å²) in [5.74, 6) is -5.51. The highest BCUT2D eigenvalue weighted by molar-refractivity contribution is 7.90. The molecule has 1 saturated heterocycles. The van der Waals surface area contributed by atoms with Crippen molar-refractivity contribution in [3.63, 3.8) is 0 Å². The van der Waals surface area contributed by atoms with Crippen LogP contribution in [0.2, 0.25) is 0 Å². The second-order valence-electron chi connectivity index (χ2n) is 9.61. The van der Waals surface area contributed by atoms with E-state index in [1.54, 1.807) is 0 Å². The van der Waals surface area contributed by atoms with Crippen molar-refractivity contribution < 1.29 is 55.4 Å². The summed E-state index contributed by atoms with van der Waals surface area (Å²) in [4.78, 5) is 17.8. The Morgan fingerprint density at radius 2 is 1.57 bits per heavy atom. The van der Waals surface area contributed by atoms with E-state index >= 15 is 0 Å². The van der Waals surface area contributed by atoms with Gasteiger partial charge in [-0.2, -0.15) is 31.4 Å². The molecule has 1 aromatic heterocycles. The van der Waals surface area contributed by atoms with E-state index in [0.717, 1.165) is 38.2 Å². The number of carboxylic acid groups (broad SMARTS) is 2. The normalized spacial score (nSPS) is 21.2. The van der Waals surface area contributed by atoms with Gasteiger partial charge >= 0.3 is 24.3 Å². The Labute approximate surface area is 211 Å². The summed E-state index contributed by atoms with van der Waals surface area (Å²) < 4.78 is 87.2. The molecule has 0 aliphatic carbocycles. The van der Waals surface area contributed by atoms with Gasteiger partial charge in [-0.1, -0.05) is 0 Å². The van der Waals surface area contributed by atoms with Gasteiger partial charge in [0.05, 0.1) is 24.6 Å². The second-order valence-corrected chi connectivity index (χ2v) is 11.6. The fourth-order valence-electron chi connectivity index (χ4n) is 4.05. The molecule has 0 bridgehead atoms. The van der Waals surface area contributed by atoms with Crippen LogP contribution in [0.3, 0.4) is 0 Å². The number of fused-ring (bicyclic) bond motifs is 3. The first kappa shape index (κ1) is 31.1. The Morgan fingerprint density at radius 3 is 2.00 bits per heavy atom. The van der Waals surface area contributed by atoms with Crippen molar-refractivity contribution in [1.29, 1.82) is 0 Å². The lowest BCUT2D eigenvalue weighted by Gasteiger charge is -2.39. The number of halogens is 6. The van der Waals surface area contributed by atoms with Crippen molar-refractivity contribution >= 4 is 23.3 Å². The van der Waals surface area contributed by atoms with Crippen molar-refractivity contribution in [3.8, 4) is 0 Å². The van der Waals surface area contributed by atoms with E-state index in [1.165, 1.54) is 11.3 Å². The van der Waals surface area contributed by atoms with Gasteiger partial charge in [-0.25, -0.2) is 9.59 Å². The fraction of sp³-hybridized carbons (Fsp3) is 0.750. The SMILES string of the molecule is CC(C)(C)[S+]([O-])N[C@@H]1c2c3c(nn2CC12CCNCC2)COC3.O=C(O)C(F)(F)F.O=C(O)C(F)(F)F. The zero-order valence-electron chi connectivity index (χ0n) is 20.1. The van der Waals surface area contributed by atoms with Crippen LogP contribution >= 0.6 is 0 Å². The van der Waals surface area contributed by atoms with E-state index < -0.39 is 35.7 Å². The maximum atomic E-state index is 12.8. The van der Waals surface area contributed by atoms with Crippen LogP contribution in [-0.4, -0.2) is 66.7 Å². The number of nitrogens with zero attached hydrogens (tertiary/aromatic N) is 2. The number of aromatic nitrogens is 2. The van der Waals surface area contributed by atoms with Gasteiger partial charge < -0.3 is 24.8 Å². The minimum atomic E-state index is -5.08. The van der Waals surface area contributed by atoms with Gasteiger partial charge in [0.15, 0.2) is 0 Å². The summed E-state index contributed by atoms with van der Waals surface area (Å²) in [7, 11) is 0. The number of alkyl halides is 6. The lowest BCUT2D eigenvalue weighted by Crippen LogP contribution is -2.49. The lowest BCUT2D eigenvalue weighted by atomic mass is 9.73. The first-order chi connectivity index (χ1) is 16.8. The van der Waals surface area contributed by atoms with Crippen molar-refractivity contribution in [2.24, 2.45) is 5.41 Å². The zero-order valence-corrected chi connectivity index (χ0v) is 20.9. The minimum Gasteiger partial charge on any atom is -0.598 e. The fourth-order valence-corrected chi connectivity index (χ4v) is 4.98. The minimum absolute atomic E-state index is 0.0996. The van der Waals surface area contributed by atoms with Gasteiger partial charge in [0.25, 0.3) is 0 Å². The third kappa shape index (κ3) is 7.72. The predicted octanol–water partition coefficient (Wildman–Crippen LogP) is 2.66. The summed E-state index contributed by atoms with van der Waals surface area (Å²) in [5.41, 5.74) is 3.63. The average Bonchev–Trinajstić information content (AvgIpc) is 3.39. The van der Waals surface area contributed by atoms with E-state index in [1.807, 2.05) is 20.8 Å². The molecule has 37 heavy (non-hydrogen) atoms. The van der Waals surface area contributed by atoms with Crippen molar-refractivity contribution in [1.82, 2.24) is 19.8 Å². The number of ether oxygens (including phenoxy) is 1. The number of carboxylic acids is 2. The summed E-state index contributed by atoms with van der Waals surface area (Å²) in [6.45, 7) is 10.3. The molecule has 0 radical (unpaired) electrons. The predicted molar refractivity (Wildman–Crippen MR) is 116 cm³/mol. The number of rotatable bonds is 2. The molecule has 3 aliphatic rings. The summed E-state index contributed by atoms with van der Waals surface area (Å²) in [6, 6.07) is 0.0996. The standard InChI is InChI=1S/C16H26N4O2S.2C2HF3O2/c1-15(2,3)23(21)19-14-13-11-8-22-9-12(11)18-20(13)10-16(14)4-6-17-7-5-16;2*3-2(4,5)1(6)7/h14,17,19H,4-10H2,1-3H3;2*(H,6,7)/t14-,23?;;/m1../s1. The van der Waals surface area contributed by atoms with E-state index in [0.29, 0.717) is 13.2 Å². The number of hydrogen-bond donors (Lipinski definition) is 4. The second kappa shape index (κ2) is 11.3. The van der Waals surface area contributed by atoms with Crippen molar-refractivity contribution in [2.75, 3.05) is 13.1 Å². The van der Waals surface area contributed by atoms with Crippen LogP contribution in [0.25, 0.3) is 0 Å². The number of piperidine rings is 1. The highest BCUT2D eigenvalue weighted by Crippen LogP contribution is 2.51. The van der Waals surface area contributed by atoms with E-state index in [-0.39, 0.29) is 16.2 Å². The molecule has 212 valence electrons. The molecule has 3 aliphatic heterocycles. The van der Waals surface area contributed by atoms with Crippen LogP contribution in [0.4, 0.5) is 26.3 Å². The lowest BCUT2D eigenvalue weighted by molar-refractivity contribution is -0.193. The smallest absolute Gasteiger partial charge is 0.490 e. The maximum Gasteiger partial charge on any atom is 0.490 e.